The zero-order valence-electron chi connectivity index (χ0n) is 10.6. The molecule has 0 aliphatic rings. The molecular weight excluding hydrogens is 242 g/mol. The van der Waals surface area contributed by atoms with E-state index >= 15 is 0 Å². The molecule has 2 aromatic rings. The van der Waals surface area contributed by atoms with Crippen molar-refractivity contribution in [1.82, 2.24) is 9.78 Å². The van der Waals surface area contributed by atoms with Crippen LogP contribution < -0.4 is 5.73 Å². The second-order valence-corrected chi connectivity index (χ2v) is 4.53. The number of benzene rings is 1. The van der Waals surface area contributed by atoms with E-state index in [0.717, 1.165) is 11.3 Å². The number of aliphatic carboxylic acids is 1. The van der Waals surface area contributed by atoms with Gasteiger partial charge in [0, 0.05) is 18.7 Å². The van der Waals surface area contributed by atoms with Gasteiger partial charge in [0.15, 0.2) is 0 Å². The molecule has 1 heterocycles. The molecule has 0 fully saturated rings. The van der Waals surface area contributed by atoms with E-state index in [0.29, 0.717) is 12.8 Å². The molecule has 1 aromatic carbocycles. The van der Waals surface area contributed by atoms with E-state index in [-0.39, 0.29) is 12.5 Å². The average Bonchev–Trinajstić information content (AvgIpc) is 2.86. The van der Waals surface area contributed by atoms with Gasteiger partial charge in [0.2, 0.25) is 0 Å². The van der Waals surface area contributed by atoms with Crippen molar-refractivity contribution in [2.75, 3.05) is 0 Å². The smallest absolute Gasteiger partial charge is 0.303 e. The summed E-state index contributed by atoms with van der Waals surface area (Å²) in [6, 6.07) is 9.66. The summed E-state index contributed by atoms with van der Waals surface area (Å²) in [6.45, 7) is 0. The summed E-state index contributed by atoms with van der Waals surface area (Å²) in [5.41, 5.74) is 7.91. The van der Waals surface area contributed by atoms with Crippen molar-refractivity contribution in [3.8, 4) is 5.69 Å². The zero-order chi connectivity index (χ0) is 13.7. The number of hydrogen-bond donors (Lipinski definition) is 2. The second kappa shape index (κ2) is 6.15. The van der Waals surface area contributed by atoms with Crippen molar-refractivity contribution in [3.63, 3.8) is 0 Å². The minimum atomic E-state index is -0.810. The van der Waals surface area contributed by atoms with Crippen LogP contribution in [0.3, 0.4) is 0 Å². The Morgan fingerprint density at radius 2 is 2.11 bits per heavy atom. The molecule has 0 aliphatic heterocycles. The highest BCUT2D eigenvalue weighted by atomic mass is 16.4. The fraction of sp³-hybridized carbons (Fsp3) is 0.286. The highest BCUT2D eigenvalue weighted by molar-refractivity contribution is 5.66. The van der Waals surface area contributed by atoms with Gasteiger partial charge in [-0.25, -0.2) is 4.68 Å². The summed E-state index contributed by atoms with van der Waals surface area (Å²) < 4.78 is 1.79. The van der Waals surface area contributed by atoms with Crippen LogP contribution in [-0.4, -0.2) is 26.9 Å². The molecule has 1 unspecified atom stereocenters. The minimum absolute atomic E-state index is 0.105. The fourth-order valence-corrected chi connectivity index (χ4v) is 1.90. The number of carbonyl (C=O) groups is 1. The molecular formula is C14H17N3O2. The number of rotatable bonds is 6. The average molecular weight is 259 g/mol. The molecule has 0 radical (unpaired) electrons. The first-order chi connectivity index (χ1) is 9.15. The summed E-state index contributed by atoms with van der Waals surface area (Å²) in [7, 11) is 0. The van der Waals surface area contributed by atoms with E-state index in [9.17, 15) is 4.79 Å². The maximum atomic E-state index is 10.5. The summed E-state index contributed by atoms with van der Waals surface area (Å²) in [6.07, 6.45) is 4.92. The standard InChI is InChI=1S/C14H17N3O2/c15-12(6-7-14(18)19)8-11-9-16-17(10-11)13-4-2-1-3-5-13/h1-5,9-10,12H,6-8,15H2,(H,18,19). The number of carboxylic acids is 1. The lowest BCUT2D eigenvalue weighted by atomic mass is 10.1. The van der Waals surface area contributed by atoms with Crippen LogP contribution in [0.4, 0.5) is 0 Å². The van der Waals surface area contributed by atoms with E-state index in [1.165, 1.54) is 0 Å². The van der Waals surface area contributed by atoms with Crippen molar-refractivity contribution < 1.29 is 9.90 Å². The normalized spacial score (nSPS) is 12.3. The van der Waals surface area contributed by atoms with Crippen LogP contribution in [0.2, 0.25) is 0 Å². The van der Waals surface area contributed by atoms with Gasteiger partial charge in [0.1, 0.15) is 0 Å². The molecule has 0 saturated heterocycles. The Morgan fingerprint density at radius 1 is 1.37 bits per heavy atom. The van der Waals surface area contributed by atoms with Gasteiger partial charge in [0.05, 0.1) is 11.9 Å². The van der Waals surface area contributed by atoms with Gasteiger partial charge < -0.3 is 10.8 Å². The Kier molecular flexibility index (Phi) is 4.30. The molecule has 19 heavy (non-hydrogen) atoms. The van der Waals surface area contributed by atoms with Crippen LogP contribution in [-0.2, 0) is 11.2 Å². The number of nitrogens with two attached hydrogens (primary N) is 1. The number of hydrogen-bond acceptors (Lipinski definition) is 3. The van der Waals surface area contributed by atoms with Crippen molar-refractivity contribution in [3.05, 3.63) is 48.3 Å². The van der Waals surface area contributed by atoms with Crippen LogP contribution in [0.25, 0.3) is 5.69 Å². The monoisotopic (exact) mass is 259 g/mol. The zero-order valence-corrected chi connectivity index (χ0v) is 10.6. The van der Waals surface area contributed by atoms with Gasteiger partial charge in [-0.15, -0.1) is 0 Å². The lowest BCUT2D eigenvalue weighted by Crippen LogP contribution is -2.23. The number of aromatic nitrogens is 2. The third-order valence-electron chi connectivity index (χ3n) is 2.88. The molecule has 0 bridgehead atoms. The number of nitrogens with zero attached hydrogens (tertiary/aromatic N) is 2. The van der Waals surface area contributed by atoms with Crippen LogP contribution in [0.5, 0.6) is 0 Å². The molecule has 100 valence electrons. The molecule has 5 nitrogen and oxygen atoms in total. The molecule has 0 spiro atoms. The number of carboxylic acid groups (broad SMARTS) is 1. The highest BCUT2D eigenvalue weighted by Crippen LogP contribution is 2.10. The molecule has 2 rings (SSSR count). The highest BCUT2D eigenvalue weighted by Gasteiger charge is 2.09. The molecule has 1 atom stereocenters. The Bertz CT molecular complexity index is 537. The Morgan fingerprint density at radius 3 is 2.79 bits per heavy atom. The summed E-state index contributed by atoms with van der Waals surface area (Å²) in [5, 5.41) is 12.9. The maximum Gasteiger partial charge on any atom is 0.303 e. The van der Waals surface area contributed by atoms with Gasteiger partial charge in [-0.05, 0) is 30.5 Å². The largest absolute Gasteiger partial charge is 0.481 e. The second-order valence-electron chi connectivity index (χ2n) is 4.53. The quantitative estimate of drug-likeness (QED) is 0.825. The predicted molar refractivity (Wildman–Crippen MR) is 72.1 cm³/mol. The van der Waals surface area contributed by atoms with Gasteiger partial charge in [-0.3, -0.25) is 4.79 Å². The van der Waals surface area contributed by atoms with Crippen molar-refractivity contribution in [2.24, 2.45) is 5.73 Å². The fourth-order valence-electron chi connectivity index (χ4n) is 1.90. The van der Waals surface area contributed by atoms with E-state index in [1.807, 2.05) is 36.5 Å². The van der Waals surface area contributed by atoms with Gasteiger partial charge >= 0.3 is 5.97 Å². The lowest BCUT2D eigenvalue weighted by Gasteiger charge is -2.07. The SMILES string of the molecule is NC(CCC(=O)O)Cc1cnn(-c2ccccc2)c1. The minimum Gasteiger partial charge on any atom is -0.481 e. The molecule has 1 aromatic heterocycles. The summed E-state index contributed by atoms with van der Waals surface area (Å²) in [4.78, 5) is 10.5. The first kappa shape index (κ1) is 13.3. The van der Waals surface area contributed by atoms with Crippen molar-refractivity contribution >= 4 is 5.97 Å². The third-order valence-corrected chi connectivity index (χ3v) is 2.88. The first-order valence-corrected chi connectivity index (χ1v) is 6.21. The van der Waals surface area contributed by atoms with E-state index < -0.39 is 5.97 Å². The maximum absolute atomic E-state index is 10.5. The molecule has 0 aliphatic carbocycles. The molecule has 0 amide bonds. The summed E-state index contributed by atoms with van der Waals surface area (Å²) in [5.74, 6) is -0.810. The number of para-hydroxylation sites is 1. The molecule has 5 heteroatoms. The summed E-state index contributed by atoms with van der Waals surface area (Å²) >= 11 is 0. The first-order valence-electron chi connectivity index (χ1n) is 6.21. The van der Waals surface area contributed by atoms with E-state index in [4.69, 9.17) is 10.8 Å². The van der Waals surface area contributed by atoms with Crippen LogP contribution in [0.1, 0.15) is 18.4 Å². The molecule has 3 N–H and O–H groups in total. The van der Waals surface area contributed by atoms with E-state index in [1.54, 1.807) is 10.9 Å². The van der Waals surface area contributed by atoms with Crippen LogP contribution in [0.15, 0.2) is 42.7 Å². The predicted octanol–water partition coefficient (Wildman–Crippen LogP) is 1.61. The van der Waals surface area contributed by atoms with Gasteiger partial charge in [-0.2, -0.15) is 5.10 Å². The van der Waals surface area contributed by atoms with Crippen molar-refractivity contribution in [2.45, 2.75) is 25.3 Å². The topological polar surface area (TPSA) is 81.1 Å². The Labute approximate surface area is 111 Å². The van der Waals surface area contributed by atoms with Gasteiger partial charge in [0.25, 0.3) is 0 Å². The van der Waals surface area contributed by atoms with E-state index in [2.05, 4.69) is 5.10 Å². The van der Waals surface area contributed by atoms with Crippen LogP contribution >= 0.6 is 0 Å². The Balaban J connectivity index is 1.96. The Hall–Kier alpha value is -2.14. The van der Waals surface area contributed by atoms with Gasteiger partial charge in [-0.1, -0.05) is 18.2 Å². The lowest BCUT2D eigenvalue weighted by molar-refractivity contribution is -0.137. The third kappa shape index (κ3) is 3.93. The van der Waals surface area contributed by atoms with Crippen molar-refractivity contribution in [1.29, 1.82) is 0 Å². The van der Waals surface area contributed by atoms with Crippen LogP contribution in [0, 0.1) is 0 Å². The molecule has 0 saturated carbocycles.